The van der Waals surface area contributed by atoms with Crippen LogP contribution in [0.25, 0.3) is 0 Å². The molecule has 0 radical (unpaired) electrons. The largest absolute Gasteiger partial charge is 0.434 e. The molecular formula is C16H22F3N5S2. The van der Waals surface area contributed by atoms with Crippen molar-refractivity contribution in [3.63, 3.8) is 0 Å². The monoisotopic (exact) mass is 405 g/mol. The molecule has 0 saturated carbocycles. The van der Waals surface area contributed by atoms with Crippen LogP contribution in [0.5, 0.6) is 0 Å². The van der Waals surface area contributed by atoms with E-state index < -0.39 is 11.9 Å². The first kappa shape index (κ1) is 20.6. The van der Waals surface area contributed by atoms with E-state index in [9.17, 15) is 13.2 Å². The van der Waals surface area contributed by atoms with Crippen molar-refractivity contribution in [3.05, 3.63) is 31.7 Å². The number of halogens is 3. The Bertz CT molecular complexity index is 737. The smallest absolute Gasteiger partial charge is 0.356 e. The molecule has 2 rings (SSSR count). The van der Waals surface area contributed by atoms with E-state index in [1.165, 1.54) is 4.88 Å². The van der Waals surface area contributed by atoms with Crippen LogP contribution >= 0.6 is 22.7 Å². The van der Waals surface area contributed by atoms with E-state index in [-0.39, 0.29) is 0 Å². The Labute approximate surface area is 158 Å². The van der Waals surface area contributed by atoms with Crippen molar-refractivity contribution in [2.24, 2.45) is 4.99 Å². The normalized spacial score (nSPS) is 12.5. The van der Waals surface area contributed by atoms with E-state index in [2.05, 4.69) is 39.4 Å². The summed E-state index contributed by atoms with van der Waals surface area (Å²) in [4.78, 5) is 13.6. The quantitative estimate of drug-likeness (QED) is 0.547. The molecule has 2 aromatic heterocycles. The summed E-state index contributed by atoms with van der Waals surface area (Å²) in [5, 5.41) is 8.86. The van der Waals surface area contributed by atoms with E-state index in [1.807, 2.05) is 0 Å². The van der Waals surface area contributed by atoms with Crippen LogP contribution in [-0.4, -0.2) is 36.1 Å². The molecule has 0 fully saturated rings. The molecule has 0 spiro atoms. The van der Waals surface area contributed by atoms with Gasteiger partial charge in [0.2, 0.25) is 0 Å². The van der Waals surface area contributed by atoms with Gasteiger partial charge in [-0.05, 0) is 13.3 Å². The van der Waals surface area contributed by atoms with Gasteiger partial charge in [-0.1, -0.05) is 6.92 Å². The van der Waals surface area contributed by atoms with Crippen LogP contribution in [0.3, 0.4) is 0 Å². The van der Waals surface area contributed by atoms with Crippen molar-refractivity contribution in [2.75, 3.05) is 20.1 Å². The lowest BCUT2D eigenvalue weighted by Crippen LogP contribution is -2.39. The zero-order valence-electron chi connectivity index (χ0n) is 14.9. The predicted molar refractivity (Wildman–Crippen MR) is 100 cm³/mol. The standard InChI is InChI=1S/C16H22F3N5S2/c1-4-11-10(2)26-14(23-11)6-8-22-15(20-3)21-7-5-13-24-12(9-25-13)16(17,18)19/h9H,4-8H2,1-3H3,(H2,20,21,22). The molecule has 0 amide bonds. The van der Waals surface area contributed by atoms with Crippen LogP contribution in [0.15, 0.2) is 10.4 Å². The average Bonchev–Trinajstić information content (AvgIpc) is 3.19. The molecule has 0 atom stereocenters. The Morgan fingerprint density at radius 2 is 1.81 bits per heavy atom. The molecule has 144 valence electrons. The minimum Gasteiger partial charge on any atom is -0.356 e. The highest BCUT2D eigenvalue weighted by atomic mass is 32.1. The second kappa shape index (κ2) is 9.31. The topological polar surface area (TPSA) is 62.2 Å². The maximum Gasteiger partial charge on any atom is 0.434 e. The Hall–Kier alpha value is -1.68. The Morgan fingerprint density at radius 3 is 2.31 bits per heavy atom. The lowest BCUT2D eigenvalue weighted by molar-refractivity contribution is -0.140. The van der Waals surface area contributed by atoms with E-state index in [0.717, 1.165) is 40.3 Å². The number of thiazole rings is 2. The van der Waals surface area contributed by atoms with Crippen LogP contribution in [-0.2, 0) is 25.4 Å². The highest BCUT2D eigenvalue weighted by molar-refractivity contribution is 7.11. The minimum atomic E-state index is -4.38. The number of guanidine groups is 1. The van der Waals surface area contributed by atoms with Gasteiger partial charge in [0.05, 0.1) is 15.7 Å². The van der Waals surface area contributed by atoms with Gasteiger partial charge < -0.3 is 10.6 Å². The average molecular weight is 406 g/mol. The van der Waals surface area contributed by atoms with Gasteiger partial charge in [-0.2, -0.15) is 13.2 Å². The number of alkyl halides is 3. The Kier molecular flexibility index (Phi) is 7.39. The molecular weight excluding hydrogens is 383 g/mol. The SMILES string of the molecule is CCc1nc(CCNC(=NC)NCCc2nc(C(F)(F)F)cs2)sc1C. The molecule has 10 heteroatoms. The first-order chi connectivity index (χ1) is 12.3. The molecule has 0 aliphatic carbocycles. The molecule has 0 aromatic carbocycles. The van der Waals surface area contributed by atoms with E-state index in [0.29, 0.717) is 30.5 Å². The Morgan fingerprint density at radius 1 is 1.15 bits per heavy atom. The van der Waals surface area contributed by atoms with Crippen molar-refractivity contribution < 1.29 is 13.2 Å². The van der Waals surface area contributed by atoms with Crippen LogP contribution in [0.4, 0.5) is 13.2 Å². The first-order valence-electron chi connectivity index (χ1n) is 8.24. The Balaban J connectivity index is 1.73. The van der Waals surface area contributed by atoms with Gasteiger partial charge in [0.1, 0.15) is 0 Å². The van der Waals surface area contributed by atoms with Crippen LogP contribution < -0.4 is 10.6 Å². The van der Waals surface area contributed by atoms with Crippen LogP contribution in [0, 0.1) is 6.92 Å². The number of aryl methyl sites for hydroxylation is 2. The third-order valence-electron chi connectivity index (χ3n) is 3.60. The third-order valence-corrected chi connectivity index (χ3v) is 5.58. The minimum absolute atomic E-state index is 0.410. The summed E-state index contributed by atoms with van der Waals surface area (Å²) >= 11 is 2.73. The van der Waals surface area contributed by atoms with Crippen molar-refractivity contribution >= 4 is 28.6 Å². The molecule has 5 nitrogen and oxygen atoms in total. The summed E-state index contributed by atoms with van der Waals surface area (Å²) in [6.07, 6.45) is -2.24. The van der Waals surface area contributed by atoms with E-state index >= 15 is 0 Å². The number of nitrogens with zero attached hydrogens (tertiary/aromatic N) is 3. The van der Waals surface area contributed by atoms with E-state index in [4.69, 9.17) is 0 Å². The zero-order chi connectivity index (χ0) is 19.2. The molecule has 2 heterocycles. The van der Waals surface area contributed by atoms with Crippen molar-refractivity contribution in [3.8, 4) is 0 Å². The van der Waals surface area contributed by atoms with E-state index in [1.54, 1.807) is 18.4 Å². The maximum atomic E-state index is 12.5. The second-order valence-corrected chi connectivity index (χ2v) is 7.74. The number of aliphatic imine (C=N–C) groups is 1. The number of nitrogens with one attached hydrogen (secondary N) is 2. The van der Waals surface area contributed by atoms with Gasteiger partial charge in [0.25, 0.3) is 0 Å². The number of hydrogen-bond acceptors (Lipinski definition) is 5. The highest BCUT2D eigenvalue weighted by Gasteiger charge is 2.33. The number of rotatable bonds is 7. The van der Waals surface area contributed by atoms with Gasteiger partial charge in [-0.25, -0.2) is 9.97 Å². The third kappa shape index (κ3) is 5.94. The second-order valence-electron chi connectivity index (χ2n) is 5.51. The molecule has 0 aliphatic heterocycles. The van der Waals surface area contributed by atoms with Gasteiger partial charge in [0, 0.05) is 43.2 Å². The fourth-order valence-electron chi connectivity index (χ4n) is 2.27. The van der Waals surface area contributed by atoms with Gasteiger partial charge in [-0.15, -0.1) is 22.7 Å². The zero-order valence-corrected chi connectivity index (χ0v) is 16.5. The summed E-state index contributed by atoms with van der Waals surface area (Å²) in [6.45, 7) is 5.32. The fourth-order valence-corrected chi connectivity index (χ4v) is 4.10. The molecule has 2 N–H and O–H groups in total. The van der Waals surface area contributed by atoms with Gasteiger partial charge >= 0.3 is 6.18 Å². The van der Waals surface area contributed by atoms with Crippen LogP contribution in [0.2, 0.25) is 0 Å². The van der Waals surface area contributed by atoms with Crippen LogP contribution in [0.1, 0.15) is 33.2 Å². The summed E-state index contributed by atoms with van der Waals surface area (Å²) in [7, 11) is 1.66. The number of hydrogen-bond donors (Lipinski definition) is 2. The molecule has 0 saturated heterocycles. The first-order valence-corrected chi connectivity index (χ1v) is 9.94. The van der Waals surface area contributed by atoms with Crippen molar-refractivity contribution in [1.29, 1.82) is 0 Å². The highest BCUT2D eigenvalue weighted by Crippen LogP contribution is 2.30. The summed E-state index contributed by atoms with van der Waals surface area (Å²) in [5.41, 5.74) is 0.319. The van der Waals surface area contributed by atoms with Gasteiger partial charge in [-0.3, -0.25) is 4.99 Å². The molecule has 0 unspecified atom stereocenters. The molecule has 26 heavy (non-hydrogen) atoms. The lowest BCUT2D eigenvalue weighted by Gasteiger charge is -2.10. The van der Waals surface area contributed by atoms with Gasteiger partial charge in [0.15, 0.2) is 11.7 Å². The molecule has 2 aromatic rings. The summed E-state index contributed by atoms with van der Waals surface area (Å²) < 4.78 is 37.6. The molecule has 0 aliphatic rings. The molecule has 0 bridgehead atoms. The maximum absolute atomic E-state index is 12.5. The predicted octanol–water partition coefficient (Wildman–Crippen LogP) is 3.44. The summed E-state index contributed by atoms with van der Waals surface area (Å²) in [6, 6.07) is 0. The fraction of sp³-hybridized carbons (Fsp3) is 0.562. The van der Waals surface area contributed by atoms with Crippen molar-refractivity contribution in [1.82, 2.24) is 20.6 Å². The lowest BCUT2D eigenvalue weighted by atomic mass is 10.3. The number of aromatic nitrogens is 2. The van der Waals surface area contributed by atoms with Crippen molar-refractivity contribution in [2.45, 2.75) is 39.3 Å². The summed E-state index contributed by atoms with van der Waals surface area (Å²) in [5.74, 6) is 0.613.